The number of rotatable bonds is 8. The first kappa shape index (κ1) is 19.9. The summed E-state index contributed by atoms with van der Waals surface area (Å²) < 4.78 is 5.56. The van der Waals surface area contributed by atoms with E-state index in [0.717, 1.165) is 12.8 Å². The molecule has 2 amide bonds. The molecule has 0 aromatic rings. The number of aliphatic hydroxyl groups is 2. The van der Waals surface area contributed by atoms with Crippen molar-refractivity contribution < 1.29 is 24.5 Å². The summed E-state index contributed by atoms with van der Waals surface area (Å²) in [6.07, 6.45) is -2.25. The SMILES string of the molecule is CCC(CC)C(=O)NC[C@H]1O[C@@H](CC(=O)NC(C)C)[C@H](O)[C@@H]1O. The van der Waals surface area contributed by atoms with Crippen LogP contribution in [0.25, 0.3) is 0 Å². The molecule has 0 radical (unpaired) electrons. The zero-order valence-corrected chi connectivity index (χ0v) is 14.4. The van der Waals surface area contributed by atoms with Crippen LogP contribution in [0.3, 0.4) is 0 Å². The Bertz CT molecular complexity index is 398. The Morgan fingerprint density at radius 3 is 2.17 bits per heavy atom. The van der Waals surface area contributed by atoms with E-state index in [2.05, 4.69) is 10.6 Å². The molecule has 1 fully saturated rings. The Balaban J connectivity index is 2.50. The Labute approximate surface area is 137 Å². The Morgan fingerprint density at radius 1 is 1.09 bits per heavy atom. The molecular formula is C16H30N2O5. The van der Waals surface area contributed by atoms with Crippen LogP contribution in [0.1, 0.15) is 47.0 Å². The lowest BCUT2D eigenvalue weighted by molar-refractivity contribution is -0.128. The number of hydrogen-bond donors (Lipinski definition) is 4. The Kier molecular flexibility index (Phi) is 7.94. The highest BCUT2D eigenvalue weighted by molar-refractivity contribution is 5.78. The van der Waals surface area contributed by atoms with Crippen LogP contribution in [-0.4, -0.2) is 59.0 Å². The van der Waals surface area contributed by atoms with Gasteiger partial charge >= 0.3 is 0 Å². The van der Waals surface area contributed by atoms with Crippen LogP contribution in [-0.2, 0) is 14.3 Å². The van der Waals surface area contributed by atoms with Crippen molar-refractivity contribution in [2.24, 2.45) is 5.92 Å². The molecule has 0 aliphatic carbocycles. The van der Waals surface area contributed by atoms with E-state index in [1.54, 1.807) is 0 Å². The van der Waals surface area contributed by atoms with Gasteiger partial charge in [-0.1, -0.05) is 13.8 Å². The average molecular weight is 330 g/mol. The Hall–Kier alpha value is -1.18. The summed E-state index contributed by atoms with van der Waals surface area (Å²) >= 11 is 0. The molecular weight excluding hydrogens is 300 g/mol. The average Bonchev–Trinajstić information content (AvgIpc) is 2.73. The summed E-state index contributed by atoms with van der Waals surface area (Å²) in [5.41, 5.74) is 0. The third-order valence-corrected chi connectivity index (χ3v) is 4.13. The van der Waals surface area contributed by atoms with Crippen molar-refractivity contribution in [2.75, 3.05) is 6.54 Å². The largest absolute Gasteiger partial charge is 0.388 e. The maximum absolute atomic E-state index is 12.0. The summed E-state index contributed by atoms with van der Waals surface area (Å²) in [6.45, 7) is 7.70. The zero-order valence-electron chi connectivity index (χ0n) is 14.4. The lowest BCUT2D eigenvalue weighted by atomic mass is 10.0. The molecule has 1 heterocycles. The van der Waals surface area contributed by atoms with Crippen molar-refractivity contribution in [2.45, 2.75) is 77.4 Å². The summed E-state index contributed by atoms with van der Waals surface area (Å²) in [6, 6.07) is 0.000996. The number of amides is 2. The minimum Gasteiger partial charge on any atom is -0.388 e. The highest BCUT2D eigenvalue weighted by Crippen LogP contribution is 2.23. The van der Waals surface area contributed by atoms with E-state index >= 15 is 0 Å². The minimum absolute atomic E-state index is 0.000996. The van der Waals surface area contributed by atoms with E-state index in [0.29, 0.717) is 0 Å². The predicted molar refractivity (Wildman–Crippen MR) is 85.7 cm³/mol. The first-order valence-electron chi connectivity index (χ1n) is 8.38. The van der Waals surface area contributed by atoms with Crippen LogP contribution in [0.2, 0.25) is 0 Å². The van der Waals surface area contributed by atoms with E-state index < -0.39 is 24.4 Å². The van der Waals surface area contributed by atoms with Gasteiger partial charge in [-0.2, -0.15) is 0 Å². The molecule has 0 aromatic carbocycles. The van der Waals surface area contributed by atoms with Crippen LogP contribution in [0.4, 0.5) is 0 Å². The molecule has 23 heavy (non-hydrogen) atoms. The molecule has 7 heteroatoms. The quantitative estimate of drug-likeness (QED) is 0.499. The van der Waals surface area contributed by atoms with Gasteiger partial charge in [0.05, 0.1) is 12.5 Å². The summed E-state index contributed by atoms with van der Waals surface area (Å²) in [5.74, 6) is -0.384. The molecule has 4 atom stereocenters. The molecule has 134 valence electrons. The molecule has 0 unspecified atom stereocenters. The van der Waals surface area contributed by atoms with Crippen molar-refractivity contribution >= 4 is 11.8 Å². The van der Waals surface area contributed by atoms with Gasteiger partial charge < -0.3 is 25.6 Å². The van der Waals surface area contributed by atoms with Gasteiger partial charge in [-0.3, -0.25) is 9.59 Å². The summed E-state index contributed by atoms with van der Waals surface area (Å²) in [5, 5.41) is 25.5. The summed E-state index contributed by atoms with van der Waals surface area (Å²) in [4.78, 5) is 23.7. The topological polar surface area (TPSA) is 108 Å². The smallest absolute Gasteiger partial charge is 0.223 e. The molecule has 1 aliphatic heterocycles. The standard InChI is InChI=1S/C16H30N2O5/c1-5-10(6-2)16(22)17-8-12-15(21)14(20)11(23-12)7-13(19)18-9(3)4/h9-12,14-15,20-21H,5-8H2,1-4H3,(H,17,22)(H,18,19)/t11-,12+,14-,15+/m0/s1. The van der Waals surface area contributed by atoms with Gasteiger partial charge in [0, 0.05) is 18.5 Å². The van der Waals surface area contributed by atoms with Gasteiger partial charge in [0.1, 0.15) is 18.3 Å². The number of aliphatic hydroxyl groups excluding tert-OH is 2. The van der Waals surface area contributed by atoms with Crippen molar-refractivity contribution in [3.63, 3.8) is 0 Å². The van der Waals surface area contributed by atoms with Crippen molar-refractivity contribution in [1.29, 1.82) is 0 Å². The maximum atomic E-state index is 12.0. The fourth-order valence-corrected chi connectivity index (χ4v) is 2.73. The highest BCUT2D eigenvalue weighted by atomic mass is 16.5. The lowest BCUT2D eigenvalue weighted by Crippen LogP contribution is -2.41. The highest BCUT2D eigenvalue weighted by Gasteiger charge is 2.43. The minimum atomic E-state index is -1.14. The van der Waals surface area contributed by atoms with Crippen molar-refractivity contribution in [3.05, 3.63) is 0 Å². The molecule has 4 N–H and O–H groups in total. The van der Waals surface area contributed by atoms with Gasteiger partial charge in [-0.15, -0.1) is 0 Å². The number of carbonyl (C=O) groups excluding carboxylic acids is 2. The normalized spacial score (nSPS) is 27.5. The molecule has 7 nitrogen and oxygen atoms in total. The van der Waals surface area contributed by atoms with E-state index in [4.69, 9.17) is 4.74 Å². The van der Waals surface area contributed by atoms with Gasteiger partial charge in [-0.05, 0) is 26.7 Å². The van der Waals surface area contributed by atoms with E-state index in [1.807, 2.05) is 27.7 Å². The fraction of sp³-hybridized carbons (Fsp3) is 0.875. The first-order chi connectivity index (χ1) is 10.8. The van der Waals surface area contributed by atoms with E-state index in [-0.39, 0.29) is 36.7 Å². The predicted octanol–water partition coefficient (Wildman–Crippen LogP) is -0.0573. The zero-order chi connectivity index (χ0) is 17.6. The molecule has 0 saturated carbocycles. The maximum Gasteiger partial charge on any atom is 0.223 e. The second-order valence-electron chi connectivity index (χ2n) is 6.38. The second-order valence-corrected chi connectivity index (χ2v) is 6.38. The number of carbonyl (C=O) groups is 2. The van der Waals surface area contributed by atoms with Crippen LogP contribution in [0.5, 0.6) is 0 Å². The molecule has 0 spiro atoms. The number of hydrogen-bond acceptors (Lipinski definition) is 5. The monoisotopic (exact) mass is 330 g/mol. The van der Waals surface area contributed by atoms with Crippen LogP contribution >= 0.6 is 0 Å². The third kappa shape index (κ3) is 5.75. The lowest BCUT2D eigenvalue weighted by Gasteiger charge is -2.18. The van der Waals surface area contributed by atoms with Gasteiger partial charge in [0.2, 0.25) is 11.8 Å². The van der Waals surface area contributed by atoms with E-state index in [1.165, 1.54) is 0 Å². The van der Waals surface area contributed by atoms with Gasteiger partial charge in [0.25, 0.3) is 0 Å². The molecule has 0 aromatic heterocycles. The van der Waals surface area contributed by atoms with Crippen molar-refractivity contribution in [3.8, 4) is 0 Å². The fourth-order valence-electron chi connectivity index (χ4n) is 2.73. The molecule has 1 saturated heterocycles. The van der Waals surface area contributed by atoms with Gasteiger partial charge in [-0.25, -0.2) is 0 Å². The second kappa shape index (κ2) is 9.20. The number of ether oxygens (including phenoxy) is 1. The number of nitrogens with one attached hydrogen (secondary N) is 2. The van der Waals surface area contributed by atoms with Crippen LogP contribution in [0, 0.1) is 5.92 Å². The summed E-state index contributed by atoms with van der Waals surface area (Å²) in [7, 11) is 0. The molecule has 0 bridgehead atoms. The third-order valence-electron chi connectivity index (χ3n) is 4.13. The van der Waals surface area contributed by atoms with E-state index in [9.17, 15) is 19.8 Å². The molecule has 1 rings (SSSR count). The van der Waals surface area contributed by atoms with Crippen molar-refractivity contribution in [1.82, 2.24) is 10.6 Å². The molecule has 1 aliphatic rings. The van der Waals surface area contributed by atoms with Gasteiger partial charge in [0.15, 0.2) is 0 Å². The van der Waals surface area contributed by atoms with Crippen LogP contribution in [0.15, 0.2) is 0 Å². The Morgan fingerprint density at radius 2 is 1.65 bits per heavy atom. The first-order valence-corrected chi connectivity index (χ1v) is 8.38. The van der Waals surface area contributed by atoms with Crippen LogP contribution < -0.4 is 10.6 Å².